The predicted molar refractivity (Wildman–Crippen MR) is 55.7 cm³/mol. The van der Waals surface area contributed by atoms with Gasteiger partial charge in [-0.1, -0.05) is 29.3 Å². The molecule has 0 unspecified atom stereocenters. The van der Waals surface area contributed by atoms with Crippen molar-refractivity contribution in [2.45, 2.75) is 6.54 Å². The topological polar surface area (TPSA) is 24.9 Å². The van der Waals surface area contributed by atoms with Gasteiger partial charge in [0.2, 0.25) is 0 Å². The van der Waals surface area contributed by atoms with Gasteiger partial charge in [0.1, 0.15) is 0 Å². The van der Waals surface area contributed by atoms with E-state index in [0.29, 0.717) is 18.1 Å². The number of aromatic nitrogens is 1. The highest BCUT2D eigenvalue weighted by Gasteiger charge is 1.93. The maximum absolute atomic E-state index is 5.68. The Bertz CT molecular complexity index is 272. The van der Waals surface area contributed by atoms with Crippen molar-refractivity contribution in [1.29, 1.82) is 0 Å². The van der Waals surface area contributed by atoms with Gasteiger partial charge in [-0.05, 0) is 12.1 Å². The first-order chi connectivity index (χ1) is 6.33. The van der Waals surface area contributed by atoms with Gasteiger partial charge in [-0.25, -0.2) is 0 Å². The van der Waals surface area contributed by atoms with Crippen molar-refractivity contribution in [3.05, 3.63) is 40.7 Å². The summed E-state index contributed by atoms with van der Waals surface area (Å²) >= 11 is 11.1. The van der Waals surface area contributed by atoms with E-state index in [9.17, 15) is 0 Å². The molecule has 0 aliphatic carbocycles. The van der Waals surface area contributed by atoms with Crippen LogP contribution >= 0.6 is 23.2 Å². The molecule has 0 aliphatic rings. The SMILES string of the molecule is ClC=C(Cl)CNCc1ccccn1. The first-order valence-electron chi connectivity index (χ1n) is 3.88. The predicted octanol–water partition coefficient (Wildman–Crippen LogP) is 2.49. The lowest BCUT2D eigenvalue weighted by Gasteiger charge is -2.01. The maximum Gasteiger partial charge on any atom is 0.0541 e. The van der Waals surface area contributed by atoms with E-state index in [1.165, 1.54) is 5.54 Å². The number of rotatable bonds is 4. The van der Waals surface area contributed by atoms with Crippen LogP contribution in [0.3, 0.4) is 0 Å². The third-order valence-electron chi connectivity index (χ3n) is 1.44. The standard InChI is InChI=1S/C9H10Cl2N2/c10-5-8(11)6-12-7-9-3-1-2-4-13-9/h1-5,12H,6-7H2. The number of nitrogens with one attached hydrogen (secondary N) is 1. The highest BCUT2D eigenvalue weighted by Crippen LogP contribution is 2.01. The molecule has 0 amide bonds. The van der Waals surface area contributed by atoms with Gasteiger partial charge >= 0.3 is 0 Å². The van der Waals surface area contributed by atoms with Crippen LogP contribution in [-0.2, 0) is 6.54 Å². The van der Waals surface area contributed by atoms with Crippen molar-refractivity contribution < 1.29 is 0 Å². The van der Waals surface area contributed by atoms with Crippen molar-refractivity contribution in [2.75, 3.05) is 6.54 Å². The Morgan fingerprint density at radius 1 is 1.54 bits per heavy atom. The van der Waals surface area contributed by atoms with Crippen molar-refractivity contribution in [2.24, 2.45) is 0 Å². The number of hydrogen-bond donors (Lipinski definition) is 1. The zero-order chi connectivity index (χ0) is 9.52. The average molecular weight is 217 g/mol. The number of pyridine rings is 1. The Kier molecular flexibility index (Phi) is 4.83. The minimum atomic E-state index is 0.571. The van der Waals surface area contributed by atoms with Crippen LogP contribution in [0.1, 0.15) is 5.69 Å². The molecular weight excluding hydrogens is 207 g/mol. The molecule has 0 saturated carbocycles. The summed E-state index contributed by atoms with van der Waals surface area (Å²) in [6.45, 7) is 1.27. The zero-order valence-corrected chi connectivity index (χ0v) is 8.52. The molecule has 1 aromatic heterocycles. The molecule has 0 spiro atoms. The van der Waals surface area contributed by atoms with E-state index in [1.54, 1.807) is 6.20 Å². The van der Waals surface area contributed by atoms with Crippen molar-refractivity contribution >= 4 is 23.2 Å². The molecule has 1 rings (SSSR count). The van der Waals surface area contributed by atoms with Crippen LogP contribution in [0.15, 0.2) is 35.0 Å². The Morgan fingerprint density at radius 2 is 2.38 bits per heavy atom. The second-order valence-electron chi connectivity index (χ2n) is 2.48. The number of nitrogens with zero attached hydrogens (tertiary/aromatic N) is 1. The molecule has 0 saturated heterocycles. The molecule has 4 heteroatoms. The maximum atomic E-state index is 5.68. The van der Waals surface area contributed by atoms with Gasteiger partial charge in [0.15, 0.2) is 0 Å². The van der Waals surface area contributed by atoms with Gasteiger partial charge < -0.3 is 5.32 Å². The minimum Gasteiger partial charge on any atom is -0.306 e. The molecular formula is C9H10Cl2N2. The van der Waals surface area contributed by atoms with Crippen molar-refractivity contribution in [3.8, 4) is 0 Å². The highest BCUT2D eigenvalue weighted by atomic mass is 35.5. The van der Waals surface area contributed by atoms with E-state index in [-0.39, 0.29) is 0 Å². The lowest BCUT2D eigenvalue weighted by atomic mass is 10.3. The van der Waals surface area contributed by atoms with Gasteiger partial charge in [-0.3, -0.25) is 4.98 Å². The second-order valence-corrected chi connectivity index (χ2v) is 3.18. The van der Waals surface area contributed by atoms with Crippen LogP contribution in [0.5, 0.6) is 0 Å². The summed E-state index contributed by atoms with van der Waals surface area (Å²) in [5.41, 5.74) is 2.34. The van der Waals surface area contributed by atoms with E-state index in [4.69, 9.17) is 23.2 Å². The first kappa shape index (κ1) is 10.5. The molecule has 70 valence electrons. The molecule has 1 aromatic rings. The average Bonchev–Trinajstić information content (AvgIpc) is 2.19. The van der Waals surface area contributed by atoms with Gasteiger partial charge in [-0.15, -0.1) is 0 Å². The zero-order valence-electron chi connectivity index (χ0n) is 7.00. The molecule has 13 heavy (non-hydrogen) atoms. The smallest absolute Gasteiger partial charge is 0.0541 e. The summed E-state index contributed by atoms with van der Waals surface area (Å²) < 4.78 is 0. The Labute approximate surface area is 87.6 Å². The summed E-state index contributed by atoms with van der Waals surface area (Å²) in [5.74, 6) is 0. The molecule has 0 atom stereocenters. The summed E-state index contributed by atoms with van der Waals surface area (Å²) in [5, 5.41) is 3.70. The molecule has 2 nitrogen and oxygen atoms in total. The van der Waals surface area contributed by atoms with E-state index >= 15 is 0 Å². The molecule has 1 heterocycles. The van der Waals surface area contributed by atoms with E-state index < -0.39 is 0 Å². The molecule has 0 aromatic carbocycles. The minimum absolute atomic E-state index is 0.571. The van der Waals surface area contributed by atoms with Gasteiger partial charge in [0.25, 0.3) is 0 Å². The van der Waals surface area contributed by atoms with Crippen molar-refractivity contribution in [3.63, 3.8) is 0 Å². The summed E-state index contributed by atoms with van der Waals surface area (Å²) in [4.78, 5) is 4.14. The lowest BCUT2D eigenvalue weighted by molar-refractivity contribution is 0.735. The third-order valence-corrected chi connectivity index (χ3v) is 2.06. The summed E-state index contributed by atoms with van der Waals surface area (Å²) in [6.07, 6.45) is 1.76. The van der Waals surface area contributed by atoms with Crippen LogP contribution in [0.2, 0.25) is 0 Å². The van der Waals surface area contributed by atoms with Crippen molar-refractivity contribution in [1.82, 2.24) is 10.3 Å². The molecule has 0 bridgehead atoms. The first-order valence-corrected chi connectivity index (χ1v) is 4.69. The van der Waals surface area contributed by atoms with Crippen LogP contribution < -0.4 is 5.32 Å². The fourth-order valence-electron chi connectivity index (χ4n) is 0.851. The van der Waals surface area contributed by atoms with Gasteiger partial charge in [-0.2, -0.15) is 0 Å². The number of halogens is 2. The van der Waals surface area contributed by atoms with E-state index in [2.05, 4.69) is 10.3 Å². The second kappa shape index (κ2) is 5.97. The number of hydrogen-bond acceptors (Lipinski definition) is 2. The van der Waals surface area contributed by atoms with Crippen LogP contribution in [0.25, 0.3) is 0 Å². The monoisotopic (exact) mass is 216 g/mol. The van der Waals surface area contributed by atoms with Crippen LogP contribution in [0, 0.1) is 0 Å². The lowest BCUT2D eigenvalue weighted by Crippen LogP contribution is -2.15. The third kappa shape index (κ3) is 4.27. The van der Waals surface area contributed by atoms with E-state index in [1.807, 2.05) is 18.2 Å². The van der Waals surface area contributed by atoms with Gasteiger partial charge in [0.05, 0.1) is 5.69 Å². The Morgan fingerprint density at radius 3 is 3.00 bits per heavy atom. The van der Waals surface area contributed by atoms with Crippen LogP contribution in [-0.4, -0.2) is 11.5 Å². The quantitative estimate of drug-likeness (QED) is 0.837. The van der Waals surface area contributed by atoms with Crippen LogP contribution in [0.4, 0.5) is 0 Å². The van der Waals surface area contributed by atoms with E-state index in [0.717, 1.165) is 5.69 Å². The Balaban J connectivity index is 2.28. The summed E-state index contributed by atoms with van der Waals surface area (Å²) in [6, 6.07) is 5.78. The summed E-state index contributed by atoms with van der Waals surface area (Å²) in [7, 11) is 0. The fourth-order valence-corrected chi connectivity index (χ4v) is 1.02. The highest BCUT2D eigenvalue weighted by molar-refractivity contribution is 6.36. The molecule has 1 N–H and O–H groups in total. The normalized spacial score (nSPS) is 11.7. The fraction of sp³-hybridized carbons (Fsp3) is 0.222. The Hall–Kier alpha value is -0.570. The molecule has 0 aliphatic heterocycles. The molecule has 0 fully saturated rings. The molecule has 0 radical (unpaired) electrons. The van der Waals surface area contributed by atoms with Gasteiger partial charge in [0, 0.05) is 29.9 Å². The largest absolute Gasteiger partial charge is 0.306 e.